The molecular formula is C14H15FN4OS2. The van der Waals surface area contributed by atoms with Crippen LogP contribution in [0.1, 0.15) is 18.6 Å². The van der Waals surface area contributed by atoms with E-state index in [4.69, 9.17) is 4.42 Å². The Balaban J connectivity index is 1.82. The summed E-state index contributed by atoms with van der Waals surface area (Å²) in [5.41, 5.74) is 1.22. The summed E-state index contributed by atoms with van der Waals surface area (Å²) < 4.78 is 21.4. The Morgan fingerprint density at radius 1 is 1.27 bits per heavy atom. The van der Waals surface area contributed by atoms with Crippen LogP contribution in [0.5, 0.6) is 0 Å². The highest BCUT2D eigenvalue weighted by Gasteiger charge is 2.14. The van der Waals surface area contributed by atoms with Gasteiger partial charge in [0.25, 0.3) is 5.22 Å². The SMILES string of the molecule is CCn1c(CSc2nnc(CSC)o2)nc2c(F)cccc21. The van der Waals surface area contributed by atoms with Crippen LogP contribution < -0.4 is 0 Å². The highest BCUT2D eigenvalue weighted by molar-refractivity contribution is 7.98. The summed E-state index contributed by atoms with van der Waals surface area (Å²) in [5.74, 6) is 2.38. The largest absolute Gasteiger partial charge is 0.415 e. The molecule has 0 aliphatic rings. The van der Waals surface area contributed by atoms with E-state index in [1.54, 1.807) is 17.8 Å². The average molecular weight is 338 g/mol. The third-order valence-electron chi connectivity index (χ3n) is 3.17. The van der Waals surface area contributed by atoms with Crippen LogP contribution >= 0.6 is 23.5 Å². The fourth-order valence-electron chi connectivity index (χ4n) is 2.23. The number of fused-ring (bicyclic) bond motifs is 1. The van der Waals surface area contributed by atoms with E-state index in [1.807, 2.05) is 23.8 Å². The number of benzene rings is 1. The van der Waals surface area contributed by atoms with Crippen molar-refractivity contribution in [2.75, 3.05) is 6.26 Å². The van der Waals surface area contributed by atoms with Crippen molar-refractivity contribution in [1.29, 1.82) is 0 Å². The molecule has 0 atom stereocenters. The number of hydrogen-bond acceptors (Lipinski definition) is 6. The quantitative estimate of drug-likeness (QED) is 0.638. The standard InChI is InChI=1S/C14H15FN4OS2/c1-3-19-10-6-4-5-9(15)13(10)16-11(19)7-22-14-18-17-12(20-14)8-21-2/h4-6H,3,7-8H2,1-2H3. The smallest absolute Gasteiger partial charge is 0.277 e. The second-order valence-corrected chi connectivity index (χ2v) is 6.36. The van der Waals surface area contributed by atoms with Gasteiger partial charge in [-0.15, -0.1) is 10.2 Å². The van der Waals surface area contributed by atoms with E-state index < -0.39 is 0 Å². The van der Waals surface area contributed by atoms with Crippen molar-refractivity contribution in [2.24, 2.45) is 0 Å². The molecule has 0 aliphatic heterocycles. The van der Waals surface area contributed by atoms with Gasteiger partial charge in [-0.25, -0.2) is 9.37 Å². The van der Waals surface area contributed by atoms with Crippen molar-refractivity contribution in [2.45, 2.75) is 30.2 Å². The molecule has 2 aromatic heterocycles. The van der Waals surface area contributed by atoms with Crippen molar-refractivity contribution in [1.82, 2.24) is 19.7 Å². The number of halogens is 1. The molecule has 22 heavy (non-hydrogen) atoms. The van der Waals surface area contributed by atoms with Crippen LogP contribution in [0.4, 0.5) is 4.39 Å². The summed E-state index contributed by atoms with van der Waals surface area (Å²) >= 11 is 3.05. The molecule has 2 heterocycles. The summed E-state index contributed by atoms with van der Waals surface area (Å²) in [4.78, 5) is 4.41. The Labute approximate surface area is 135 Å². The lowest BCUT2D eigenvalue weighted by Crippen LogP contribution is -2.00. The molecule has 0 N–H and O–H groups in total. The first kappa shape index (κ1) is 15.4. The molecule has 0 unspecified atom stereocenters. The Bertz CT molecular complexity index is 786. The van der Waals surface area contributed by atoms with E-state index in [1.165, 1.54) is 17.8 Å². The van der Waals surface area contributed by atoms with Gasteiger partial charge in [0.05, 0.1) is 17.0 Å². The van der Waals surface area contributed by atoms with Gasteiger partial charge in [-0.2, -0.15) is 11.8 Å². The normalized spacial score (nSPS) is 11.4. The molecule has 0 saturated heterocycles. The molecule has 1 aromatic carbocycles. The summed E-state index contributed by atoms with van der Waals surface area (Å²) in [6, 6.07) is 5.01. The topological polar surface area (TPSA) is 56.7 Å². The van der Waals surface area contributed by atoms with Crippen LogP contribution in [0.3, 0.4) is 0 Å². The van der Waals surface area contributed by atoms with Crippen LogP contribution in [-0.2, 0) is 18.1 Å². The lowest BCUT2D eigenvalue weighted by molar-refractivity contribution is 0.426. The second-order valence-electron chi connectivity index (χ2n) is 4.56. The van der Waals surface area contributed by atoms with Crippen LogP contribution in [0.2, 0.25) is 0 Å². The van der Waals surface area contributed by atoms with E-state index in [2.05, 4.69) is 15.2 Å². The van der Waals surface area contributed by atoms with Gasteiger partial charge in [-0.3, -0.25) is 0 Å². The highest BCUT2D eigenvalue weighted by Crippen LogP contribution is 2.25. The van der Waals surface area contributed by atoms with Gasteiger partial charge in [0.15, 0.2) is 5.82 Å². The van der Waals surface area contributed by atoms with Crippen LogP contribution in [0, 0.1) is 5.82 Å². The molecule has 0 amide bonds. The number of aromatic nitrogens is 4. The van der Waals surface area contributed by atoms with E-state index >= 15 is 0 Å². The Hall–Kier alpha value is -1.54. The van der Waals surface area contributed by atoms with Crippen molar-refractivity contribution in [3.63, 3.8) is 0 Å². The predicted octanol–water partition coefficient (Wildman–Crippen LogP) is 3.73. The molecule has 0 fully saturated rings. The second kappa shape index (κ2) is 6.70. The number of aryl methyl sites for hydroxylation is 1. The Morgan fingerprint density at radius 2 is 2.14 bits per heavy atom. The lowest BCUT2D eigenvalue weighted by atomic mass is 10.3. The van der Waals surface area contributed by atoms with Gasteiger partial charge in [0, 0.05) is 6.54 Å². The molecule has 0 aliphatic carbocycles. The maximum absolute atomic E-state index is 13.8. The van der Waals surface area contributed by atoms with E-state index in [9.17, 15) is 4.39 Å². The minimum absolute atomic E-state index is 0.295. The molecule has 3 aromatic rings. The number of imidazole rings is 1. The van der Waals surface area contributed by atoms with Crippen molar-refractivity contribution in [3.05, 3.63) is 35.7 Å². The van der Waals surface area contributed by atoms with Crippen molar-refractivity contribution >= 4 is 34.6 Å². The van der Waals surface area contributed by atoms with Gasteiger partial charge in [-0.05, 0) is 25.3 Å². The van der Waals surface area contributed by atoms with Crippen LogP contribution in [-0.4, -0.2) is 26.0 Å². The molecule has 3 rings (SSSR count). The minimum atomic E-state index is -0.295. The molecule has 5 nitrogen and oxygen atoms in total. The molecule has 116 valence electrons. The average Bonchev–Trinajstić information content (AvgIpc) is 3.10. The monoisotopic (exact) mass is 338 g/mol. The summed E-state index contributed by atoms with van der Waals surface area (Å²) in [6.07, 6.45) is 1.98. The summed E-state index contributed by atoms with van der Waals surface area (Å²) in [6.45, 7) is 2.75. The van der Waals surface area contributed by atoms with Crippen molar-refractivity contribution < 1.29 is 8.81 Å². The third kappa shape index (κ3) is 2.98. The third-order valence-corrected chi connectivity index (χ3v) is 4.52. The number of rotatable bonds is 6. The molecule has 8 heteroatoms. The summed E-state index contributed by atoms with van der Waals surface area (Å²) in [5, 5.41) is 8.48. The van der Waals surface area contributed by atoms with Gasteiger partial charge >= 0.3 is 0 Å². The van der Waals surface area contributed by atoms with Crippen LogP contribution in [0.15, 0.2) is 27.8 Å². The zero-order valence-electron chi connectivity index (χ0n) is 12.2. The summed E-state index contributed by atoms with van der Waals surface area (Å²) in [7, 11) is 0. The van der Waals surface area contributed by atoms with E-state index in [0.717, 1.165) is 17.9 Å². The fourth-order valence-corrected chi connectivity index (χ4v) is 3.32. The first-order valence-corrected chi connectivity index (χ1v) is 9.18. The Morgan fingerprint density at radius 3 is 2.91 bits per heavy atom. The van der Waals surface area contributed by atoms with Gasteiger partial charge in [0.2, 0.25) is 5.89 Å². The van der Waals surface area contributed by atoms with Gasteiger partial charge < -0.3 is 8.98 Å². The maximum atomic E-state index is 13.8. The number of hydrogen-bond donors (Lipinski definition) is 0. The predicted molar refractivity (Wildman–Crippen MR) is 86.4 cm³/mol. The van der Waals surface area contributed by atoms with E-state index in [0.29, 0.717) is 28.1 Å². The maximum Gasteiger partial charge on any atom is 0.277 e. The molecule has 0 spiro atoms. The zero-order valence-corrected chi connectivity index (χ0v) is 13.9. The first-order valence-electron chi connectivity index (χ1n) is 6.80. The highest BCUT2D eigenvalue weighted by atomic mass is 32.2. The van der Waals surface area contributed by atoms with Gasteiger partial charge in [-0.1, -0.05) is 17.8 Å². The molecule has 0 bridgehead atoms. The zero-order chi connectivity index (χ0) is 15.5. The number of thioether (sulfide) groups is 2. The first-order chi connectivity index (χ1) is 10.7. The van der Waals surface area contributed by atoms with Crippen LogP contribution in [0.25, 0.3) is 11.0 Å². The lowest BCUT2D eigenvalue weighted by Gasteiger charge is -2.04. The number of nitrogens with zero attached hydrogens (tertiary/aromatic N) is 4. The number of para-hydroxylation sites is 1. The van der Waals surface area contributed by atoms with Gasteiger partial charge in [0.1, 0.15) is 11.3 Å². The molecular weight excluding hydrogens is 323 g/mol. The van der Waals surface area contributed by atoms with E-state index in [-0.39, 0.29) is 5.82 Å². The van der Waals surface area contributed by atoms with Crippen molar-refractivity contribution in [3.8, 4) is 0 Å². The molecule has 0 saturated carbocycles. The fraction of sp³-hybridized carbons (Fsp3) is 0.357. The minimum Gasteiger partial charge on any atom is -0.415 e. The Kier molecular flexibility index (Phi) is 4.68. The molecule has 0 radical (unpaired) electrons.